The Balaban J connectivity index is 2.07. The van der Waals surface area contributed by atoms with Crippen LogP contribution < -0.4 is 5.32 Å². The van der Waals surface area contributed by atoms with E-state index >= 15 is 0 Å². The zero-order chi connectivity index (χ0) is 12.3. The molecule has 0 saturated heterocycles. The second-order valence-corrected chi connectivity index (χ2v) is 4.26. The van der Waals surface area contributed by atoms with Gasteiger partial charge in [0.2, 0.25) is 5.95 Å². The molecule has 5 nitrogen and oxygen atoms in total. The van der Waals surface area contributed by atoms with Crippen molar-refractivity contribution in [3.8, 4) is 0 Å². The molecule has 0 bridgehead atoms. The Morgan fingerprint density at radius 1 is 1.59 bits per heavy atom. The number of hydrogen-bond acceptors (Lipinski definition) is 5. The summed E-state index contributed by atoms with van der Waals surface area (Å²) in [6.07, 6.45) is 1.32. The number of aryl methyl sites for hydroxylation is 1. The van der Waals surface area contributed by atoms with Crippen molar-refractivity contribution in [2.45, 2.75) is 13.5 Å². The van der Waals surface area contributed by atoms with Gasteiger partial charge in [-0.25, -0.2) is 14.8 Å². The predicted molar refractivity (Wildman–Crippen MR) is 65.4 cm³/mol. The fraction of sp³-hybridized carbons (Fsp3) is 0.182. The number of rotatable bonds is 4. The van der Waals surface area contributed by atoms with Gasteiger partial charge in [-0.05, 0) is 29.3 Å². The van der Waals surface area contributed by atoms with Gasteiger partial charge in [-0.3, -0.25) is 0 Å². The minimum atomic E-state index is -1.01. The largest absolute Gasteiger partial charge is 0.478 e. The lowest BCUT2D eigenvalue weighted by Crippen LogP contribution is -2.08. The maximum absolute atomic E-state index is 10.8. The zero-order valence-corrected chi connectivity index (χ0v) is 9.99. The van der Waals surface area contributed by atoms with Crippen molar-refractivity contribution in [1.82, 2.24) is 9.97 Å². The Kier molecular flexibility index (Phi) is 3.34. The molecule has 2 N–H and O–H groups in total. The van der Waals surface area contributed by atoms with E-state index in [1.165, 1.54) is 6.20 Å². The van der Waals surface area contributed by atoms with E-state index in [4.69, 9.17) is 5.11 Å². The van der Waals surface area contributed by atoms with Gasteiger partial charge in [0.15, 0.2) is 0 Å². The minimum absolute atomic E-state index is 0.131. The Morgan fingerprint density at radius 3 is 3.00 bits per heavy atom. The highest BCUT2D eigenvalue weighted by Gasteiger charge is 2.09. The fourth-order valence-corrected chi connectivity index (χ4v) is 2.01. The highest BCUT2D eigenvalue weighted by Crippen LogP contribution is 2.10. The molecule has 0 aliphatic heterocycles. The second kappa shape index (κ2) is 4.92. The normalized spacial score (nSPS) is 10.2. The van der Waals surface area contributed by atoms with Gasteiger partial charge >= 0.3 is 5.97 Å². The fourth-order valence-electron chi connectivity index (χ4n) is 1.34. The molecule has 2 heterocycles. The van der Waals surface area contributed by atoms with E-state index in [2.05, 4.69) is 15.3 Å². The maximum atomic E-state index is 10.8. The summed E-state index contributed by atoms with van der Waals surface area (Å²) in [5.41, 5.74) is 1.74. The molecular weight excluding hydrogens is 238 g/mol. The van der Waals surface area contributed by atoms with Gasteiger partial charge in [-0.15, -0.1) is 0 Å². The Labute approximate surface area is 102 Å². The average Bonchev–Trinajstić information content (AvgIpc) is 2.78. The van der Waals surface area contributed by atoms with Gasteiger partial charge in [0.25, 0.3) is 0 Å². The number of thiophene rings is 1. The number of carboxylic acids is 1. The molecule has 0 saturated carbocycles. The highest BCUT2D eigenvalue weighted by atomic mass is 32.1. The van der Waals surface area contributed by atoms with Crippen LogP contribution in [0, 0.1) is 6.92 Å². The van der Waals surface area contributed by atoms with Crippen molar-refractivity contribution >= 4 is 23.3 Å². The van der Waals surface area contributed by atoms with E-state index in [1.807, 2.05) is 16.8 Å². The van der Waals surface area contributed by atoms with Gasteiger partial charge in [0.1, 0.15) is 0 Å². The molecule has 0 radical (unpaired) electrons. The van der Waals surface area contributed by atoms with E-state index < -0.39 is 5.97 Å². The lowest BCUT2D eigenvalue weighted by molar-refractivity contribution is 0.0695. The van der Waals surface area contributed by atoms with E-state index in [-0.39, 0.29) is 5.56 Å². The molecule has 88 valence electrons. The number of aromatic carboxylic acids is 1. The summed E-state index contributed by atoms with van der Waals surface area (Å²) in [6.45, 7) is 2.29. The smallest absolute Gasteiger partial charge is 0.339 e. The summed E-state index contributed by atoms with van der Waals surface area (Å²) in [4.78, 5) is 18.8. The Bertz CT molecular complexity index is 526. The van der Waals surface area contributed by atoms with Crippen LogP contribution >= 0.6 is 11.3 Å². The van der Waals surface area contributed by atoms with Crippen LogP contribution in [0.2, 0.25) is 0 Å². The molecule has 0 unspecified atom stereocenters. The van der Waals surface area contributed by atoms with Crippen LogP contribution in [0.25, 0.3) is 0 Å². The summed E-state index contributed by atoms with van der Waals surface area (Å²) in [5, 5.41) is 15.9. The van der Waals surface area contributed by atoms with Crippen LogP contribution in [-0.4, -0.2) is 21.0 Å². The van der Waals surface area contributed by atoms with Crippen molar-refractivity contribution in [1.29, 1.82) is 0 Å². The topological polar surface area (TPSA) is 75.1 Å². The van der Waals surface area contributed by atoms with Crippen molar-refractivity contribution in [3.05, 3.63) is 39.8 Å². The molecule has 0 aliphatic rings. The van der Waals surface area contributed by atoms with Crippen LogP contribution in [0.1, 0.15) is 21.6 Å². The zero-order valence-electron chi connectivity index (χ0n) is 9.17. The molecular formula is C11H11N3O2S. The molecule has 0 aromatic carbocycles. The van der Waals surface area contributed by atoms with E-state index in [1.54, 1.807) is 18.3 Å². The average molecular weight is 249 g/mol. The monoisotopic (exact) mass is 249 g/mol. The van der Waals surface area contributed by atoms with Crippen LogP contribution in [0.15, 0.2) is 23.0 Å². The minimum Gasteiger partial charge on any atom is -0.478 e. The summed E-state index contributed by atoms with van der Waals surface area (Å²) in [7, 11) is 0. The van der Waals surface area contributed by atoms with E-state index in [0.29, 0.717) is 18.2 Å². The van der Waals surface area contributed by atoms with E-state index in [9.17, 15) is 4.79 Å². The lowest BCUT2D eigenvalue weighted by atomic mass is 10.2. The number of carboxylic acid groups (broad SMARTS) is 1. The number of hydrogen-bond donors (Lipinski definition) is 2. The molecule has 17 heavy (non-hydrogen) atoms. The standard InChI is InChI=1S/C11H11N3O2S/c1-7-9(10(15)16)5-13-11(14-7)12-4-8-2-3-17-6-8/h2-3,5-6H,4H2,1H3,(H,15,16)(H,12,13,14). The number of nitrogens with zero attached hydrogens (tertiary/aromatic N) is 2. The molecule has 0 aliphatic carbocycles. The molecule has 0 atom stereocenters. The molecule has 0 spiro atoms. The van der Waals surface area contributed by atoms with Gasteiger partial charge in [-0.1, -0.05) is 0 Å². The Hall–Kier alpha value is -1.95. The highest BCUT2D eigenvalue weighted by molar-refractivity contribution is 7.07. The quantitative estimate of drug-likeness (QED) is 0.868. The maximum Gasteiger partial charge on any atom is 0.339 e. The molecule has 2 aromatic heterocycles. The van der Waals surface area contributed by atoms with Gasteiger partial charge < -0.3 is 10.4 Å². The number of aromatic nitrogens is 2. The summed E-state index contributed by atoms with van der Waals surface area (Å²) < 4.78 is 0. The van der Waals surface area contributed by atoms with Crippen LogP contribution in [-0.2, 0) is 6.54 Å². The first kappa shape index (κ1) is 11.5. The molecule has 6 heteroatoms. The number of carbonyl (C=O) groups is 1. The molecule has 2 aromatic rings. The predicted octanol–water partition coefficient (Wildman–Crippen LogP) is 2.16. The summed E-state index contributed by atoms with van der Waals surface area (Å²) >= 11 is 1.63. The molecule has 0 amide bonds. The van der Waals surface area contributed by atoms with Crippen molar-refractivity contribution in [2.75, 3.05) is 5.32 Å². The van der Waals surface area contributed by atoms with Crippen molar-refractivity contribution in [2.24, 2.45) is 0 Å². The molecule has 0 fully saturated rings. The van der Waals surface area contributed by atoms with Gasteiger partial charge in [0, 0.05) is 12.7 Å². The van der Waals surface area contributed by atoms with Gasteiger partial charge in [-0.2, -0.15) is 11.3 Å². The van der Waals surface area contributed by atoms with Crippen molar-refractivity contribution < 1.29 is 9.90 Å². The third kappa shape index (κ3) is 2.79. The molecule has 2 rings (SSSR count). The first-order valence-corrected chi connectivity index (χ1v) is 5.93. The third-order valence-electron chi connectivity index (χ3n) is 2.24. The number of nitrogens with one attached hydrogen (secondary N) is 1. The Morgan fingerprint density at radius 2 is 2.41 bits per heavy atom. The van der Waals surface area contributed by atoms with Crippen LogP contribution in [0.5, 0.6) is 0 Å². The third-order valence-corrected chi connectivity index (χ3v) is 2.97. The van der Waals surface area contributed by atoms with Crippen LogP contribution in [0.4, 0.5) is 5.95 Å². The first-order chi connectivity index (χ1) is 8.16. The SMILES string of the molecule is Cc1nc(NCc2ccsc2)ncc1C(=O)O. The number of anilines is 1. The van der Waals surface area contributed by atoms with Gasteiger partial charge in [0.05, 0.1) is 11.3 Å². The summed E-state index contributed by atoms with van der Waals surface area (Å²) in [5.74, 6) is -0.564. The van der Waals surface area contributed by atoms with Crippen LogP contribution in [0.3, 0.4) is 0 Å². The van der Waals surface area contributed by atoms with E-state index in [0.717, 1.165) is 5.56 Å². The lowest BCUT2D eigenvalue weighted by Gasteiger charge is -2.05. The summed E-state index contributed by atoms with van der Waals surface area (Å²) in [6, 6.07) is 2.01. The second-order valence-electron chi connectivity index (χ2n) is 3.48. The first-order valence-electron chi connectivity index (χ1n) is 4.98. The van der Waals surface area contributed by atoms with Crippen molar-refractivity contribution in [3.63, 3.8) is 0 Å².